The zero-order chi connectivity index (χ0) is 14.5. The van der Waals surface area contributed by atoms with Crippen LogP contribution in [0.4, 0.5) is 0 Å². The summed E-state index contributed by atoms with van der Waals surface area (Å²) in [5.41, 5.74) is 2.80. The van der Waals surface area contributed by atoms with Crippen LogP contribution in [0.2, 0.25) is 0 Å². The molecule has 0 heterocycles. The Morgan fingerprint density at radius 2 is 1.95 bits per heavy atom. The molecule has 108 valence electrons. The van der Waals surface area contributed by atoms with Gasteiger partial charge in [0.1, 0.15) is 5.75 Å². The van der Waals surface area contributed by atoms with E-state index in [0.29, 0.717) is 5.92 Å². The van der Waals surface area contributed by atoms with E-state index in [1.54, 1.807) is 0 Å². The maximum Gasteiger partial charge on any atom is 0.122 e. The van der Waals surface area contributed by atoms with E-state index in [1.165, 1.54) is 24.0 Å². The topological polar surface area (TPSA) is 9.23 Å². The first-order valence-corrected chi connectivity index (χ1v) is 8.30. The molecule has 1 atom stereocenters. The van der Waals surface area contributed by atoms with Crippen molar-refractivity contribution in [2.24, 2.45) is 5.92 Å². The predicted octanol–water partition coefficient (Wildman–Crippen LogP) is 5.48. The molecule has 1 rings (SSSR count). The summed E-state index contributed by atoms with van der Waals surface area (Å²) < 4.78 is 5.98. The third kappa shape index (κ3) is 5.18. The van der Waals surface area contributed by atoms with Crippen molar-refractivity contribution in [3.63, 3.8) is 0 Å². The fraction of sp³-hybridized carbons (Fsp3) is 0.647. The van der Waals surface area contributed by atoms with Gasteiger partial charge in [-0.05, 0) is 36.0 Å². The Balaban J connectivity index is 2.70. The molecule has 1 aromatic rings. The van der Waals surface area contributed by atoms with Crippen molar-refractivity contribution >= 4 is 15.9 Å². The third-order valence-corrected chi connectivity index (χ3v) is 4.35. The molecule has 0 saturated carbocycles. The number of hydrogen-bond acceptors (Lipinski definition) is 1. The van der Waals surface area contributed by atoms with Crippen LogP contribution < -0.4 is 4.74 Å². The van der Waals surface area contributed by atoms with Crippen LogP contribution in [0.3, 0.4) is 0 Å². The summed E-state index contributed by atoms with van der Waals surface area (Å²) in [4.78, 5) is 0. The molecule has 0 radical (unpaired) electrons. The van der Waals surface area contributed by atoms with Crippen molar-refractivity contribution in [1.82, 2.24) is 0 Å². The molecule has 0 amide bonds. The summed E-state index contributed by atoms with van der Waals surface area (Å²) in [6.07, 6.45) is 2.42. The lowest BCUT2D eigenvalue weighted by Crippen LogP contribution is -2.15. The lowest BCUT2D eigenvalue weighted by molar-refractivity contribution is 0.253. The van der Waals surface area contributed by atoms with Gasteiger partial charge in [-0.2, -0.15) is 0 Å². The fourth-order valence-electron chi connectivity index (χ4n) is 2.10. The van der Waals surface area contributed by atoms with Gasteiger partial charge >= 0.3 is 0 Å². The summed E-state index contributed by atoms with van der Waals surface area (Å²) in [5.74, 6) is 1.63. The standard InChI is InChI=1S/C17H27BrO/c1-6-7-14(11-18)12-19-16-9-8-15(10-13(16)2)17(3,4)5/h8-10,14H,6-7,11-12H2,1-5H3. The third-order valence-electron chi connectivity index (χ3n) is 3.43. The van der Waals surface area contributed by atoms with Gasteiger partial charge in [-0.15, -0.1) is 0 Å². The van der Waals surface area contributed by atoms with E-state index in [1.807, 2.05) is 0 Å². The Bertz CT molecular complexity index is 393. The number of alkyl halides is 1. The van der Waals surface area contributed by atoms with Crippen LogP contribution in [0.15, 0.2) is 18.2 Å². The number of hydrogen-bond donors (Lipinski definition) is 0. The average Bonchev–Trinajstić information content (AvgIpc) is 2.34. The van der Waals surface area contributed by atoms with Gasteiger partial charge in [0.2, 0.25) is 0 Å². The Morgan fingerprint density at radius 3 is 2.42 bits per heavy atom. The minimum Gasteiger partial charge on any atom is -0.493 e. The van der Waals surface area contributed by atoms with Gasteiger partial charge in [-0.1, -0.05) is 62.2 Å². The first-order valence-electron chi connectivity index (χ1n) is 7.18. The van der Waals surface area contributed by atoms with Crippen LogP contribution in [0.5, 0.6) is 5.75 Å². The van der Waals surface area contributed by atoms with Gasteiger partial charge in [0.15, 0.2) is 0 Å². The van der Waals surface area contributed by atoms with Crippen LogP contribution in [0.1, 0.15) is 51.7 Å². The van der Waals surface area contributed by atoms with E-state index in [9.17, 15) is 0 Å². The smallest absolute Gasteiger partial charge is 0.122 e. The van der Waals surface area contributed by atoms with Crippen molar-refractivity contribution in [2.75, 3.05) is 11.9 Å². The molecule has 0 aliphatic rings. The second kappa shape index (κ2) is 7.33. The maximum absolute atomic E-state index is 5.98. The fourth-order valence-corrected chi connectivity index (χ4v) is 2.61. The molecule has 1 unspecified atom stereocenters. The maximum atomic E-state index is 5.98. The molecule has 0 aromatic heterocycles. The van der Waals surface area contributed by atoms with Gasteiger partial charge in [-0.3, -0.25) is 0 Å². The molecule has 1 nitrogen and oxygen atoms in total. The van der Waals surface area contributed by atoms with Gasteiger partial charge in [0.05, 0.1) is 6.61 Å². The number of rotatable bonds is 6. The van der Waals surface area contributed by atoms with Gasteiger partial charge < -0.3 is 4.74 Å². The van der Waals surface area contributed by atoms with Gasteiger partial charge in [-0.25, -0.2) is 0 Å². The highest BCUT2D eigenvalue weighted by atomic mass is 79.9. The minimum absolute atomic E-state index is 0.198. The second-order valence-electron chi connectivity index (χ2n) is 6.35. The highest BCUT2D eigenvalue weighted by Gasteiger charge is 2.15. The van der Waals surface area contributed by atoms with Gasteiger partial charge in [0, 0.05) is 11.2 Å². The zero-order valence-corrected chi connectivity index (χ0v) is 14.5. The van der Waals surface area contributed by atoms with Crippen LogP contribution in [0, 0.1) is 12.8 Å². The highest BCUT2D eigenvalue weighted by molar-refractivity contribution is 9.09. The zero-order valence-electron chi connectivity index (χ0n) is 12.9. The van der Waals surface area contributed by atoms with E-state index in [-0.39, 0.29) is 5.41 Å². The van der Waals surface area contributed by atoms with E-state index in [0.717, 1.165) is 17.7 Å². The first kappa shape index (κ1) is 16.6. The second-order valence-corrected chi connectivity index (χ2v) is 7.00. The largest absolute Gasteiger partial charge is 0.493 e. The van der Waals surface area contributed by atoms with Crippen LogP contribution in [0.25, 0.3) is 0 Å². The van der Waals surface area contributed by atoms with Crippen molar-refractivity contribution in [2.45, 2.75) is 52.9 Å². The summed E-state index contributed by atoms with van der Waals surface area (Å²) in [6, 6.07) is 6.55. The quantitative estimate of drug-likeness (QED) is 0.628. The molecular formula is C17H27BrO. The van der Waals surface area contributed by atoms with E-state index in [4.69, 9.17) is 4.74 Å². The normalized spacial score (nSPS) is 13.4. The molecule has 0 bridgehead atoms. The molecule has 0 fully saturated rings. The summed E-state index contributed by atoms with van der Waals surface area (Å²) in [7, 11) is 0. The lowest BCUT2D eigenvalue weighted by Gasteiger charge is -2.21. The van der Waals surface area contributed by atoms with E-state index >= 15 is 0 Å². The number of aryl methyl sites for hydroxylation is 1. The Hall–Kier alpha value is -0.500. The molecule has 19 heavy (non-hydrogen) atoms. The monoisotopic (exact) mass is 326 g/mol. The molecular weight excluding hydrogens is 300 g/mol. The summed E-state index contributed by atoms with van der Waals surface area (Å²) >= 11 is 3.57. The van der Waals surface area contributed by atoms with Crippen molar-refractivity contribution < 1.29 is 4.74 Å². The van der Waals surface area contributed by atoms with Gasteiger partial charge in [0.25, 0.3) is 0 Å². The van der Waals surface area contributed by atoms with Crippen LogP contribution in [-0.2, 0) is 5.41 Å². The molecule has 0 N–H and O–H groups in total. The highest BCUT2D eigenvalue weighted by Crippen LogP contribution is 2.28. The number of halogens is 1. The average molecular weight is 327 g/mol. The van der Waals surface area contributed by atoms with Crippen molar-refractivity contribution in [3.8, 4) is 5.75 Å². The molecule has 1 aromatic carbocycles. The molecule has 0 aliphatic heterocycles. The summed E-state index contributed by atoms with van der Waals surface area (Å²) in [5, 5.41) is 1.01. The minimum atomic E-state index is 0.198. The molecule has 0 aliphatic carbocycles. The van der Waals surface area contributed by atoms with Crippen molar-refractivity contribution in [1.29, 1.82) is 0 Å². The van der Waals surface area contributed by atoms with Crippen molar-refractivity contribution in [3.05, 3.63) is 29.3 Å². The lowest BCUT2D eigenvalue weighted by atomic mass is 9.86. The molecule has 0 spiro atoms. The van der Waals surface area contributed by atoms with E-state index in [2.05, 4.69) is 68.7 Å². The predicted molar refractivity (Wildman–Crippen MR) is 87.6 cm³/mol. The Morgan fingerprint density at radius 1 is 1.26 bits per heavy atom. The first-order chi connectivity index (χ1) is 8.88. The van der Waals surface area contributed by atoms with Crippen LogP contribution >= 0.6 is 15.9 Å². The molecule has 2 heteroatoms. The Kier molecular flexibility index (Phi) is 6.38. The molecule has 0 saturated heterocycles. The van der Waals surface area contributed by atoms with E-state index < -0.39 is 0 Å². The number of ether oxygens (including phenoxy) is 1. The SMILES string of the molecule is CCCC(CBr)COc1ccc(C(C)(C)C)cc1C. The Labute approximate surface area is 126 Å². The number of benzene rings is 1. The summed E-state index contributed by atoms with van der Waals surface area (Å²) in [6.45, 7) is 11.9. The van der Waals surface area contributed by atoms with Crippen LogP contribution in [-0.4, -0.2) is 11.9 Å².